The van der Waals surface area contributed by atoms with E-state index >= 15 is 0 Å². The number of rotatable bonds is 5. The minimum Gasteiger partial charge on any atom is -0.374 e. The lowest BCUT2D eigenvalue weighted by Gasteiger charge is -2.17. The molecule has 0 radical (unpaired) electrons. The zero-order chi connectivity index (χ0) is 15.4. The van der Waals surface area contributed by atoms with Gasteiger partial charge in [-0.1, -0.05) is 24.6 Å². The summed E-state index contributed by atoms with van der Waals surface area (Å²) in [5.41, 5.74) is 2.75. The zero-order valence-corrected chi connectivity index (χ0v) is 13.8. The van der Waals surface area contributed by atoms with Gasteiger partial charge in [-0.2, -0.15) is 0 Å². The molecule has 2 N–H and O–H groups in total. The van der Waals surface area contributed by atoms with Crippen LogP contribution in [0.2, 0.25) is 5.02 Å². The number of carbonyl (C=O) groups is 1. The Labute approximate surface area is 133 Å². The maximum atomic E-state index is 12.3. The molecule has 0 fully saturated rings. The molecule has 1 amide bonds. The lowest BCUT2D eigenvalue weighted by atomic mass is 10.1. The van der Waals surface area contributed by atoms with E-state index in [9.17, 15) is 4.79 Å². The zero-order valence-electron chi connectivity index (χ0n) is 12.2. The highest BCUT2D eigenvalue weighted by Crippen LogP contribution is 2.21. The number of hydrogen-bond donors (Lipinski definition) is 2. The van der Waals surface area contributed by atoms with Crippen molar-refractivity contribution < 1.29 is 4.79 Å². The van der Waals surface area contributed by atoms with Crippen molar-refractivity contribution in [2.24, 2.45) is 0 Å². The quantitative estimate of drug-likeness (QED) is 0.865. The van der Waals surface area contributed by atoms with Gasteiger partial charge in [-0.15, -0.1) is 11.3 Å². The Morgan fingerprint density at radius 3 is 2.76 bits per heavy atom. The number of carbonyl (C=O) groups excluding carboxylic acids is 1. The molecule has 2 rings (SSSR count). The predicted octanol–water partition coefficient (Wildman–Crippen LogP) is 4.24. The molecule has 1 aromatic heterocycles. The Morgan fingerprint density at radius 1 is 1.43 bits per heavy atom. The van der Waals surface area contributed by atoms with Crippen LogP contribution in [0.1, 0.15) is 24.6 Å². The van der Waals surface area contributed by atoms with Crippen molar-refractivity contribution in [3.8, 4) is 0 Å². The first-order valence-electron chi connectivity index (χ1n) is 6.75. The van der Waals surface area contributed by atoms with Crippen LogP contribution < -0.4 is 10.6 Å². The van der Waals surface area contributed by atoms with Gasteiger partial charge in [-0.25, -0.2) is 4.98 Å². The summed E-state index contributed by atoms with van der Waals surface area (Å²) in [4.78, 5) is 16.5. The van der Waals surface area contributed by atoms with Crippen LogP contribution in [0.15, 0.2) is 23.6 Å². The summed E-state index contributed by atoms with van der Waals surface area (Å²) in [5.74, 6) is -0.0939. The average Bonchev–Trinajstić information content (AvgIpc) is 2.85. The molecule has 1 heterocycles. The van der Waals surface area contributed by atoms with Crippen molar-refractivity contribution in [1.82, 2.24) is 4.98 Å². The lowest BCUT2D eigenvalue weighted by Crippen LogP contribution is -2.34. The molecule has 0 saturated heterocycles. The van der Waals surface area contributed by atoms with E-state index in [0.717, 1.165) is 16.9 Å². The topological polar surface area (TPSA) is 54.0 Å². The SMILES string of the molecule is CC[C@H](Nc1ccc(C)c(Cl)c1)C(=O)Nc1nc(C)cs1. The van der Waals surface area contributed by atoms with E-state index in [1.807, 2.05) is 44.4 Å². The number of halogens is 1. The summed E-state index contributed by atoms with van der Waals surface area (Å²) in [6.45, 7) is 5.80. The molecule has 0 bridgehead atoms. The summed E-state index contributed by atoms with van der Waals surface area (Å²) < 4.78 is 0. The number of benzene rings is 1. The summed E-state index contributed by atoms with van der Waals surface area (Å²) in [6.07, 6.45) is 0.668. The van der Waals surface area contributed by atoms with E-state index in [2.05, 4.69) is 15.6 Å². The fourth-order valence-corrected chi connectivity index (χ4v) is 2.71. The fraction of sp³-hybridized carbons (Fsp3) is 0.333. The van der Waals surface area contributed by atoms with Crippen molar-refractivity contribution in [3.05, 3.63) is 39.9 Å². The Balaban J connectivity index is 2.04. The van der Waals surface area contributed by atoms with Crippen LogP contribution in [0, 0.1) is 13.8 Å². The van der Waals surface area contributed by atoms with Crippen molar-refractivity contribution >= 4 is 39.7 Å². The fourth-order valence-electron chi connectivity index (χ4n) is 1.84. The molecule has 6 heteroatoms. The van der Waals surface area contributed by atoms with E-state index < -0.39 is 0 Å². The second-order valence-corrected chi connectivity index (χ2v) is 6.12. The van der Waals surface area contributed by atoms with E-state index in [0.29, 0.717) is 16.6 Å². The van der Waals surface area contributed by atoms with Crippen LogP contribution in [0.3, 0.4) is 0 Å². The molecule has 0 aliphatic heterocycles. The van der Waals surface area contributed by atoms with Gasteiger partial charge in [0.2, 0.25) is 5.91 Å². The highest BCUT2D eigenvalue weighted by atomic mass is 35.5. The predicted molar refractivity (Wildman–Crippen MR) is 89.4 cm³/mol. The second kappa shape index (κ2) is 6.91. The third kappa shape index (κ3) is 4.19. The Morgan fingerprint density at radius 2 is 2.19 bits per heavy atom. The number of thiazole rings is 1. The first kappa shape index (κ1) is 15.8. The molecule has 0 aliphatic carbocycles. The summed E-state index contributed by atoms with van der Waals surface area (Å²) in [6, 6.07) is 5.36. The number of aryl methyl sites for hydroxylation is 2. The summed E-state index contributed by atoms with van der Waals surface area (Å²) in [5, 5.41) is 9.25. The average molecular weight is 324 g/mol. The standard InChI is InChI=1S/C15H18ClN3OS/c1-4-13(14(20)19-15-17-10(3)8-21-15)18-11-6-5-9(2)12(16)7-11/h5-8,13,18H,4H2,1-3H3,(H,17,19,20)/t13-/m0/s1. The van der Waals surface area contributed by atoms with Crippen molar-refractivity contribution in [2.75, 3.05) is 10.6 Å². The van der Waals surface area contributed by atoms with Crippen LogP contribution in [0.25, 0.3) is 0 Å². The first-order chi connectivity index (χ1) is 9.99. The summed E-state index contributed by atoms with van der Waals surface area (Å²) >= 11 is 7.53. The highest BCUT2D eigenvalue weighted by Gasteiger charge is 2.17. The van der Waals surface area contributed by atoms with Gasteiger partial charge in [0.15, 0.2) is 5.13 Å². The minimum atomic E-state index is -0.326. The number of nitrogens with one attached hydrogen (secondary N) is 2. The van der Waals surface area contributed by atoms with Gasteiger partial charge in [0.05, 0.1) is 5.69 Å². The third-order valence-corrected chi connectivity index (χ3v) is 4.37. The monoisotopic (exact) mass is 323 g/mol. The van der Waals surface area contributed by atoms with Gasteiger partial charge >= 0.3 is 0 Å². The molecule has 4 nitrogen and oxygen atoms in total. The van der Waals surface area contributed by atoms with Crippen LogP contribution >= 0.6 is 22.9 Å². The minimum absolute atomic E-state index is 0.0939. The number of amides is 1. The molecule has 0 saturated carbocycles. The van der Waals surface area contributed by atoms with E-state index in [-0.39, 0.29) is 11.9 Å². The normalized spacial score (nSPS) is 12.0. The molecular formula is C15H18ClN3OS. The third-order valence-electron chi connectivity index (χ3n) is 3.09. The van der Waals surface area contributed by atoms with E-state index in [1.54, 1.807) is 0 Å². The van der Waals surface area contributed by atoms with Gasteiger partial charge < -0.3 is 10.6 Å². The Hall–Kier alpha value is -1.59. The Kier molecular flexibility index (Phi) is 5.20. The number of aromatic nitrogens is 1. The number of anilines is 2. The van der Waals surface area contributed by atoms with Gasteiger partial charge in [0, 0.05) is 16.1 Å². The molecule has 112 valence electrons. The molecule has 21 heavy (non-hydrogen) atoms. The molecule has 0 spiro atoms. The number of hydrogen-bond acceptors (Lipinski definition) is 4. The van der Waals surface area contributed by atoms with Gasteiger partial charge in [0.25, 0.3) is 0 Å². The number of nitrogens with zero attached hydrogens (tertiary/aromatic N) is 1. The largest absolute Gasteiger partial charge is 0.374 e. The van der Waals surface area contributed by atoms with Crippen LogP contribution in [-0.4, -0.2) is 16.9 Å². The maximum Gasteiger partial charge on any atom is 0.248 e. The van der Waals surface area contributed by atoms with Crippen molar-refractivity contribution in [3.63, 3.8) is 0 Å². The maximum absolute atomic E-state index is 12.3. The first-order valence-corrected chi connectivity index (χ1v) is 8.01. The molecular weight excluding hydrogens is 306 g/mol. The van der Waals surface area contributed by atoms with E-state index in [4.69, 9.17) is 11.6 Å². The Bertz CT molecular complexity index is 642. The smallest absolute Gasteiger partial charge is 0.248 e. The molecule has 1 aromatic carbocycles. The van der Waals surface area contributed by atoms with Crippen molar-refractivity contribution in [2.45, 2.75) is 33.2 Å². The van der Waals surface area contributed by atoms with Gasteiger partial charge in [-0.3, -0.25) is 4.79 Å². The lowest BCUT2D eigenvalue weighted by molar-refractivity contribution is -0.116. The van der Waals surface area contributed by atoms with Crippen LogP contribution in [0.5, 0.6) is 0 Å². The molecule has 2 aromatic rings. The summed E-state index contributed by atoms with van der Waals surface area (Å²) in [7, 11) is 0. The van der Waals surface area contributed by atoms with Crippen molar-refractivity contribution in [1.29, 1.82) is 0 Å². The van der Waals surface area contributed by atoms with E-state index in [1.165, 1.54) is 11.3 Å². The van der Waals surface area contributed by atoms with Crippen LogP contribution in [0.4, 0.5) is 10.8 Å². The molecule has 0 aliphatic rings. The molecule has 0 unspecified atom stereocenters. The van der Waals surface area contributed by atoms with Gasteiger partial charge in [-0.05, 0) is 38.0 Å². The highest BCUT2D eigenvalue weighted by molar-refractivity contribution is 7.13. The van der Waals surface area contributed by atoms with Crippen LogP contribution in [-0.2, 0) is 4.79 Å². The second-order valence-electron chi connectivity index (χ2n) is 4.85. The van der Waals surface area contributed by atoms with Gasteiger partial charge in [0.1, 0.15) is 6.04 Å². The molecule has 1 atom stereocenters.